The summed E-state index contributed by atoms with van der Waals surface area (Å²) in [6, 6.07) is -16.4. The molecule has 32 heteroatoms. The van der Waals surface area contributed by atoms with Crippen molar-refractivity contribution in [2.24, 2.45) is 58.3 Å². The minimum absolute atomic E-state index is 0.0765. The molecule has 0 unspecified atom stereocenters. The third kappa shape index (κ3) is 33.4. The molecule has 0 aliphatic heterocycles. The Labute approximate surface area is 560 Å². The fourth-order valence-electron chi connectivity index (χ4n) is 9.68. The number of rotatable bonds is 48. The number of hydrogen-bond donors (Lipinski definition) is 19. The lowest BCUT2D eigenvalue weighted by atomic mass is 9.98. The molecule has 0 rings (SSSR count). The van der Waals surface area contributed by atoms with Crippen LogP contribution >= 0.6 is 0 Å². The maximum Gasteiger partial charge on any atom is 0.326 e. The third-order valence-electron chi connectivity index (χ3n) is 15.7. The van der Waals surface area contributed by atoms with Crippen molar-refractivity contribution in [3.8, 4) is 0 Å². The molecule has 12 amide bonds. The van der Waals surface area contributed by atoms with Crippen LogP contribution in [-0.2, 0) is 62.3 Å². The van der Waals surface area contributed by atoms with Crippen LogP contribution in [0.1, 0.15) is 180 Å². The summed E-state index contributed by atoms with van der Waals surface area (Å²) in [5.41, 5.74) is 29.0. The molecule has 0 aliphatic rings. The standard InChI is InChI=1S/C63H119N17O15/c1-32(2)31-45(58(89)79-49(36(9)10)63(94)95)75-60(91)47(34(5)6)76-52(83)39(13)71-62(93)50(40(14)81)80-53(84)38(12)69-51(82)37(11)70-59(90)46(33(3)4)78-61(92)48(35(7)8)77-57(88)44(26-18-22-30-67)74-56(87)43(25-17-21-29-66)73-55(86)42(24-16-20-28-65)72-54(85)41(68)23-15-19-27-64/h32-50,81H,15-31,64-68H2,1-14H3,(H,69,82)(H,70,90)(H,71,93)(H,72,85)(H,73,86)(H,74,87)(H,75,91)(H,76,83)(H,77,88)(H,78,92)(H,79,89)(H,80,84)(H,94,95)/t37-,38-,39-,40+,41-,42-,43-,44-,45-,46-,47-,48-,49-,50-/m0/s1. The van der Waals surface area contributed by atoms with E-state index in [4.69, 9.17) is 28.7 Å². The molecule has 0 spiro atoms. The summed E-state index contributed by atoms with van der Waals surface area (Å²) >= 11 is 0. The normalized spacial score (nSPS) is 15.9. The number of carbonyl (C=O) groups is 13. The van der Waals surface area contributed by atoms with E-state index in [0.717, 1.165) is 0 Å². The molecule has 0 radical (unpaired) electrons. The lowest BCUT2D eigenvalue weighted by molar-refractivity contribution is -0.143. The van der Waals surface area contributed by atoms with Crippen molar-refractivity contribution in [1.82, 2.24) is 63.8 Å². The number of nitrogens with one attached hydrogen (secondary N) is 12. The second kappa shape index (κ2) is 46.1. The lowest BCUT2D eigenvalue weighted by Gasteiger charge is -2.30. The number of amides is 12. The van der Waals surface area contributed by atoms with Crippen LogP contribution in [-0.4, -0.2) is 198 Å². The Kier molecular flexibility index (Phi) is 42.6. The molecule has 0 heterocycles. The molecular weight excluding hydrogens is 1230 g/mol. The highest BCUT2D eigenvalue weighted by Crippen LogP contribution is 2.14. The zero-order valence-corrected chi connectivity index (χ0v) is 58.6. The number of unbranched alkanes of at least 4 members (excludes halogenated alkanes) is 4. The number of aliphatic carboxylic acids is 1. The van der Waals surface area contributed by atoms with Gasteiger partial charge in [0, 0.05) is 0 Å². The summed E-state index contributed by atoms with van der Waals surface area (Å²) in [4.78, 5) is 176. The number of aliphatic hydroxyl groups excluding tert-OH is 1. The summed E-state index contributed by atoms with van der Waals surface area (Å²) in [6.45, 7) is 23.0. The van der Waals surface area contributed by atoms with E-state index in [9.17, 15) is 72.5 Å². The molecule has 0 aliphatic carbocycles. The Hall–Kier alpha value is -7.13. The van der Waals surface area contributed by atoms with E-state index in [1.807, 2.05) is 0 Å². The van der Waals surface area contributed by atoms with Crippen molar-refractivity contribution in [1.29, 1.82) is 0 Å². The summed E-state index contributed by atoms with van der Waals surface area (Å²) < 4.78 is 0. The van der Waals surface area contributed by atoms with Crippen molar-refractivity contribution < 1.29 is 72.5 Å². The van der Waals surface area contributed by atoms with Crippen LogP contribution < -0.4 is 92.5 Å². The van der Waals surface area contributed by atoms with E-state index < -0.39 is 185 Å². The Morgan fingerprint density at radius 3 is 0.895 bits per heavy atom. The van der Waals surface area contributed by atoms with Gasteiger partial charge in [0.25, 0.3) is 0 Å². The molecule has 546 valence electrons. The zero-order valence-electron chi connectivity index (χ0n) is 58.6. The molecule has 24 N–H and O–H groups in total. The summed E-state index contributed by atoms with van der Waals surface area (Å²) in [6.07, 6.45) is 3.37. The minimum Gasteiger partial charge on any atom is -0.480 e. The van der Waals surface area contributed by atoms with E-state index in [0.29, 0.717) is 77.4 Å². The topological polar surface area (TPSA) is 537 Å². The van der Waals surface area contributed by atoms with Crippen LogP contribution in [0, 0.1) is 29.6 Å². The van der Waals surface area contributed by atoms with Gasteiger partial charge in [-0.05, 0) is 161 Å². The number of nitrogens with two attached hydrogens (primary N) is 5. The molecule has 0 aromatic carbocycles. The van der Waals surface area contributed by atoms with Gasteiger partial charge in [-0.2, -0.15) is 0 Å². The monoisotopic (exact) mass is 1350 g/mol. The largest absolute Gasteiger partial charge is 0.480 e. The highest BCUT2D eigenvalue weighted by molar-refractivity contribution is 5.99. The second-order valence-corrected chi connectivity index (χ2v) is 26.3. The van der Waals surface area contributed by atoms with Gasteiger partial charge in [0.1, 0.15) is 72.5 Å². The highest BCUT2D eigenvalue weighted by atomic mass is 16.4. The van der Waals surface area contributed by atoms with Crippen LogP contribution in [0.3, 0.4) is 0 Å². The van der Waals surface area contributed by atoms with Gasteiger partial charge in [0.15, 0.2) is 0 Å². The number of carbonyl (C=O) groups excluding carboxylic acids is 12. The SMILES string of the molecule is CC(C)C[C@H](NC(=O)[C@@H](NC(=O)[C@H](C)NC(=O)[C@@H](NC(=O)[C@H](C)NC(=O)[C@H](C)NC(=O)[C@@H](NC(=O)[C@@H](NC(=O)[C@H](CCCCN)NC(=O)[C@H](CCCCN)NC(=O)[C@H](CCCCN)NC(=O)[C@@H](N)CCCCN)C(C)C)C(C)C)[C@@H](C)O)C(C)C)C(=O)N[C@H](C(=O)O)C(C)C. The first kappa shape index (κ1) is 87.9. The first-order valence-electron chi connectivity index (χ1n) is 33.5. The van der Waals surface area contributed by atoms with Gasteiger partial charge in [-0.25, -0.2) is 4.79 Å². The van der Waals surface area contributed by atoms with Crippen LogP contribution in [0.4, 0.5) is 0 Å². The van der Waals surface area contributed by atoms with Crippen LogP contribution in [0.25, 0.3) is 0 Å². The van der Waals surface area contributed by atoms with E-state index in [1.165, 1.54) is 27.7 Å². The maximum atomic E-state index is 14.3. The first-order chi connectivity index (χ1) is 44.4. The van der Waals surface area contributed by atoms with Crippen LogP contribution in [0.2, 0.25) is 0 Å². The fourth-order valence-corrected chi connectivity index (χ4v) is 9.68. The van der Waals surface area contributed by atoms with Gasteiger partial charge < -0.3 is 103 Å². The van der Waals surface area contributed by atoms with Crippen molar-refractivity contribution in [2.45, 2.75) is 265 Å². The molecule has 14 atom stereocenters. The van der Waals surface area contributed by atoms with Crippen molar-refractivity contribution in [3.05, 3.63) is 0 Å². The fraction of sp³-hybridized carbons (Fsp3) is 0.794. The summed E-state index contributed by atoms with van der Waals surface area (Å²) in [5, 5.41) is 51.2. The Bertz CT molecular complexity index is 2470. The summed E-state index contributed by atoms with van der Waals surface area (Å²) in [7, 11) is 0. The smallest absolute Gasteiger partial charge is 0.326 e. The highest BCUT2D eigenvalue weighted by Gasteiger charge is 2.38. The molecule has 0 bridgehead atoms. The lowest BCUT2D eigenvalue weighted by Crippen LogP contribution is -2.62. The molecule has 0 aromatic rings. The van der Waals surface area contributed by atoms with E-state index >= 15 is 0 Å². The quantitative estimate of drug-likeness (QED) is 0.0267. The van der Waals surface area contributed by atoms with Gasteiger partial charge in [0.2, 0.25) is 70.9 Å². The number of carboxylic acid groups (broad SMARTS) is 1. The zero-order chi connectivity index (χ0) is 73.0. The number of hydrogen-bond acceptors (Lipinski definition) is 19. The van der Waals surface area contributed by atoms with Crippen LogP contribution in [0.5, 0.6) is 0 Å². The Morgan fingerprint density at radius 2 is 0.547 bits per heavy atom. The van der Waals surface area contributed by atoms with Crippen molar-refractivity contribution >= 4 is 76.9 Å². The van der Waals surface area contributed by atoms with Gasteiger partial charge in [0.05, 0.1) is 12.1 Å². The van der Waals surface area contributed by atoms with Gasteiger partial charge in [-0.1, -0.05) is 75.7 Å². The summed E-state index contributed by atoms with van der Waals surface area (Å²) in [5.74, 6) is -13.1. The van der Waals surface area contributed by atoms with Crippen LogP contribution in [0.15, 0.2) is 0 Å². The average molecular weight is 1350 g/mol. The third-order valence-corrected chi connectivity index (χ3v) is 15.7. The van der Waals surface area contributed by atoms with Gasteiger partial charge in [-0.3, -0.25) is 57.5 Å². The minimum atomic E-state index is -1.69. The van der Waals surface area contributed by atoms with Gasteiger partial charge in [-0.15, -0.1) is 0 Å². The Morgan fingerprint density at radius 1 is 0.295 bits per heavy atom. The molecule has 0 saturated heterocycles. The molecular formula is C63H119N17O15. The molecule has 0 saturated carbocycles. The molecule has 32 nitrogen and oxygen atoms in total. The second-order valence-electron chi connectivity index (χ2n) is 26.3. The average Bonchev–Trinajstić information content (AvgIpc) is 1.23. The van der Waals surface area contributed by atoms with E-state index in [1.54, 1.807) is 69.2 Å². The predicted octanol–water partition coefficient (Wildman–Crippen LogP) is -3.16. The molecule has 0 fully saturated rings. The number of aliphatic hydroxyl groups is 1. The molecule has 0 aromatic heterocycles. The predicted molar refractivity (Wildman–Crippen MR) is 358 cm³/mol. The number of carboxylic acids is 1. The van der Waals surface area contributed by atoms with E-state index in [2.05, 4.69) is 63.8 Å². The van der Waals surface area contributed by atoms with Crippen molar-refractivity contribution in [2.75, 3.05) is 26.2 Å². The first-order valence-corrected chi connectivity index (χ1v) is 33.5. The van der Waals surface area contributed by atoms with Crippen molar-refractivity contribution in [3.63, 3.8) is 0 Å². The Balaban J connectivity index is 6.24. The molecule has 95 heavy (non-hydrogen) atoms. The van der Waals surface area contributed by atoms with Gasteiger partial charge >= 0.3 is 5.97 Å². The maximum absolute atomic E-state index is 14.3. The van der Waals surface area contributed by atoms with E-state index in [-0.39, 0.29) is 38.1 Å².